The molecule has 0 aliphatic heterocycles. The molecule has 5 heteroatoms. The fourth-order valence-corrected chi connectivity index (χ4v) is 1.48. The molecule has 0 bridgehead atoms. The zero-order valence-corrected chi connectivity index (χ0v) is 10.7. The van der Waals surface area contributed by atoms with Crippen molar-refractivity contribution >= 4 is 28.5 Å². The normalized spacial score (nSPS) is 9.73. The lowest BCUT2D eigenvalue weighted by Gasteiger charge is -2.07. The van der Waals surface area contributed by atoms with E-state index in [2.05, 4.69) is 32.9 Å². The number of ether oxygens (including phenoxy) is 1. The first-order valence-corrected chi connectivity index (χ1v) is 6.14. The summed E-state index contributed by atoms with van der Waals surface area (Å²) in [7, 11) is 1.53. The Balaban J connectivity index is 2.64. The molecular formula is C10H13IN2O2. The molecule has 0 aliphatic carbocycles. The number of carbonyl (C=O) groups is 1. The van der Waals surface area contributed by atoms with E-state index in [4.69, 9.17) is 4.74 Å². The summed E-state index contributed by atoms with van der Waals surface area (Å²) in [5, 5.41) is 2.82. The molecule has 0 atom stereocenters. The number of nitrogens with one attached hydrogen (secondary N) is 1. The number of carbonyl (C=O) groups excluding carboxylic acids is 1. The number of amides is 1. The summed E-state index contributed by atoms with van der Waals surface area (Å²) in [4.78, 5) is 15.6. The minimum absolute atomic E-state index is 0.112. The van der Waals surface area contributed by atoms with Gasteiger partial charge in [-0.05, 0) is 12.5 Å². The number of hydrogen-bond donors (Lipinski definition) is 1. The molecule has 82 valence electrons. The summed E-state index contributed by atoms with van der Waals surface area (Å²) in [6, 6.07) is 1.65. The van der Waals surface area contributed by atoms with Crippen LogP contribution in [0.4, 0.5) is 0 Å². The highest BCUT2D eigenvalue weighted by molar-refractivity contribution is 14.1. The van der Waals surface area contributed by atoms with Gasteiger partial charge in [-0.25, -0.2) is 0 Å². The second kappa shape index (κ2) is 6.60. The number of aromatic nitrogens is 1. The molecule has 0 aromatic carbocycles. The second-order valence-corrected chi connectivity index (χ2v) is 3.95. The van der Waals surface area contributed by atoms with Crippen LogP contribution in [0.25, 0.3) is 0 Å². The van der Waals surface area contributed by atoms with Crippen molar-refractivity contribution in [1.82, 2.24) is 10.3 Å². The molecule has 1 N–H and O–H groups in total. The Morgan fingerprint density at radius 2 is 2.47 bits per heavy atom. The number of nitrogens with zero attached hydrogens (tertiary/aromatic N) is 1. The van der Waals surface area contributed by atoms with Crippen LogP contribution in [0.1, 0.15) is 16.8 Å². The molecule has 1 amide bonds. The Morgan fingerprint density at radius 3 is 3.13 bits per heavy atom. The van der Waals surface area contributed by atoms with Crippen LogP contribution in [0.15, 0.2) is 18.5 Å². The van der Waals surface area contributed by atoms with Crippen molar-refractivity contribution in [3.8, 4) is 5.75 Å². The number of halogens is 1. The first kappa shape index (κ1) is 12.2. The van der Waals surface area contributed by atoms with Crippen LogP contribution >= 0.6 is 22.6 Å². The van der Waals surface area contributed by atoms with E-state index >= 15 is 0 Å². The summed E-state index contributed by atoms with van der Waals surface area (Å²) >= 11 is 2.28. The van der Waals surface area contributed by atoms with E-state index in [1.807, 2.05) is 0 Å². The molecule has 1 heterocycles. The Hall–Kier alpha value is -0.850. The van der Waals surface area contributed by atoms with Crippen molar-refractivity contribution in [3.63, 3.8) is 0 Å². The number of pyridine rings is 1. The van der Waals surface area contributed by atoms with Gasteiger partial charge in [-0.1, -0.05) is 22.6 Å². The average Bonchev–Trinajstić information content (AvgIpc) is 2.29. The van der Waals surface area contributed by atoms with E-state index in [0.29, 0.717) is 17.9 Å². The van der Waals surface area contributed by atoms with Gasteiger partial charge in [0.25, 0.3) is 5.91 Å². The molecule has 0 unspecified atom stereocenters. The smallest absolute Gasteiger partial charge is 0.255 e. The predicted molar refractivity (Wildman–Crippen MR) is 66.6 cm³/mol. The summed E-state index contributed by atoms with van der Waals surface area (Å²) < 4.78 is 6.08. The fourth-order valence-electron chi connectivity index (χ4n) is 1.09. The third-order valence-corrected chi connectivity index (χ3v) is 2.61. The second-order valence-electron chi connectivity index (χ2n) is 2.87. The molecule has 1 aromatic rings. The maximum atomic E-state index is 11.7. The minimum Gasteiger partial charge on any atom is -0.494 e. The third-order valence-electron chi connectivity index (χ3n) is 1.85. The first-order chi connectivity index (χ1) is 7.29. The summed E-state index contributed by atoms with van der Waals surface area (Å²) in [6.45, 7) is 0.688. The Labute approximate surface area is 103 Å². The number of methoxy groups -OCH3 is 1. The van der Waals surface area contributed by atoms with E-state index in [0.717, 1.165) is 10.8 Å². The van der Waals surface area contributed by atoms with Gasteiger partial charge >= 0.3 is 0 Å². The Kier molecular flexibility index (Phi) is 5.38. The van der Waals surface area contributed by atoms with Crippen molar-refractivity contribution in [2.24, 2.45) is 0 Å². The highest BCUT2D eigenvalue weighted by atomic mass is 127. The maximum Gasteiger partial charge on any atom is 0.255 e. The average molecular weight is 320 g/mol. The number of hydrogen-bond acceptors (Lipinski definition) is 3. The molecule has 1 rings (SSSR count). The lowest BCUT2D eigenvalue weighted by Crippen LogP contribution is -2.25. The topological polar surface area (TPSA) is 51.2 Å². The van der Waals surface area contributed by atoms with Crippen LogP contribution in [0.3, 0.4) is 0 Å². The van der Waals surface area contributed by atoms with E-state index in [1.54, 1.807) is 12.3 Å². The van der Waals surface area contributed by atoms with E-state index in [9.17, 15) is 4.79 Å². The Bertz CT molecular complexity index is 331. The molecule has 0 fully saturated rings. The molecule has 0 aliphatic rings. The number of alkyl halides is 1. The molecule has 15 heavy (non-hydrogen) atoms. The van der Waals surface area contributed by atoms with E-state index in [-0.39, 0.29) is 5.91 Å². The largest absolute Gasteiger partial charge is 0.494 e. The van der Waals surface area contributed by atoms with Crippen molar-refractivity contribution < 1.29 is 9.53 Å². The third kappa shape index (κ3) is 3.65. The van der Waals surface area contributed by atoms with Crippen LogP contribution in [0.5, 0.6) is 5.75 Å². The SMILES string of the molecule is COc1cnccc1C(=O)NCCCI. The van der Waals surface area contributed by atoms with Crippen molar-refractivity contribution in [2.45, 2.75) is 6.42 Å². The zero-order chi connectivity index (χ0) is 11.1. The highest BCUT2D eigenvalue weighted by Gasteiger charge is 2.10. The van der Waals surface area contributed by atoms with E-state index < -0.39 is 0 Å². The van der Waals surface area contributed by atoms with Crippen LogP contribution in [0.2, 0.25) is 0 Å². The maximum absolute atomic E-state index is 11.7. The minimum atomic E-state index is -0.112. The molecule has 1 aromatic heterocycles. The van der Waals surface area contributed by atoms with Gasteiger partial charge in [-0.15, -0.1) is 0 Å². The molecular weight excluding hydrogens is 307 g/mol. The summed E-state index contributed by atoms with van der Waals surface area (Å²) in [5.41, 5.74) is 0.529. The van der Waals surface area contributed by atoms with Gasteiger partial charge in [-0.2, -0.15) is 0 Å². The lowest BCUT2D eigenvalue weighted by atomic mass is 10.2. The Morgan fingerprint density at radius 1 is 1.67 bits per heavy atom. The van der Waals surface area contributed by atoms with Gasteiger partial charge in [0.1, 0.15) is 5.75 Å². The summed E-state index contributed by atoms with van der Waals surface area (Å²) in [5.74, 6) is 0.392. The van der Waals surface area contributed by atoms with Gasteiger partial charge in [0.05, 0.1) is 18.9 Å². The van der Waals surface area contributed by atoms with Gasteiger partial charge in [0, 0.05) is 17.2 Å². The molecule has 0 saturated carbocycles. The quantitative estimate of drug-likeness (QED) is 0.510. The molecule has 4 nitrogen and oxygen atoms in total. The first-order valence-electron chi connectivity index (χ1n) is 4.61. The van der Waals surface area contributed by atoms with Crippen LogP contribution in [0, 0.1) is 0 Å². The zero-order valence-electron chi connectivity index (χ0n) is 8.50. The van der Waals surface area contributed by atoms with Crippen LogP contribution in [-0.2, 0) is 0 Å². The molecule has 0 saturated heterocycles. The standard InChI is InChI=1S/C10H13IN2O2/c1-15-9-7-12-6-3-8(9)10(14)13-5-2-4-11/h3,6-7H,2,4-5H2,1H3,(H,13,14). The molecule has 0 spiro atoms. The van der Waals surface area contributed by atoms with Crippen molar-refractivity contribution in [2.75, 3.05) is 18.1 Å². The molecule has 0 radical (unpaired) electrons. The predicted octanol–water partition coefficient (Wildman–Crippen LogP) is 1.65. The van der Waals surface area contributed by atoms with Gasteiger partial charge in [0.15, 0.2) is 0 Å². The van der Waals surface area contributed by atoms with Crippen molar-refractivity contribution in [3.05, 3.63) is 24.0 Å². The number of rotatable bonds is 5. The van der Waals surface area contributed by atoms with Gasteiger partial charge in [0.2, 0.25) is 0 Å². The fraction of sp³-hybridized carbons (Fsp3) is 0.400. The van der Waals surface area contributed by atoms with E-state index in [1.165, 1.54) is 13.3 Å². The monoisotopic (exact) mass is 320 g/mol. The highest BCUT2D eigenvalue weighted by Crippen LogP contribution is 2.14. The van der Waals surface area contributed by atoms with Crippen LogP contribution in [-0.4, -0.2) is 29.0 Å². The van der Waals surface area contributed by atoms with Gasteiger partial charge < -0.3 is 10.1 Å². The lowest BCUT2D eigenvalue weighted by molar-refractivity contribution is 0.0950. The van der Waals surface area contributed by atoms with Gasteiger partial charge in [-0.3, -0.25) is 9.78 Å². The van der Waals surface area contributed by atoms with Crippen molar-refractivity contribution in [1.29, 1.82) is 0 Å². The van der Waals surface area contributed by atoms with Crippen LogP contribution < -0.4 is 10.1 Å². The summed E-state index contributed by atoms with van der Waals surface area (Å²) in [6.07, 6.45) is 4.09.